The molecule has 1 aromatic heterocycles. The number of amides is 1. The van der Waals surface area contributed by atoms with Crippen LogP contribution in [0.15, 0.2) is 34.9 Å². The second-order valence-electron chi connectivity index (χ2n) is 4.69. The monoisotopic (exact) mass is 283 g/mol. The smallest absolute Gasteiger partial charge is 0.291 e. The molecule has 4 nitrogen and oxygen atoms in total. The normalized spacial score (nSPS) is 9.86. The Hall–Kier alpha value is -2.51. The van der Waals surface area contributed by atoms with Gasteiger partial charge in [0.05, 0.1) is 12.9 Å². The highest BCUT2D eigenvalue weighted by Crippen LogP contribution is 2.18. The molecule has 0 spiro atoms. The van der Waals surface area contributed by atoms with Crippen molar-refractivity contribution >= 4 is 11.6 Å². The summed E-state index contributed by atoms with van der Waals surface area (Å²) in [4.78, 5) is 12.1. The number of anilines is 1. The van der Waals surface area contributed by atoms with Crippen LogP contribution >= 0.6 is 0 Å². The lowest BCUT2D eigenvalue weighted by molar-refractivity contribution is 0.0996. The minimum absolute atomic E-state index is 0.0419. The fourth-order valence-corrected chi connectivity index (χ4v) is 1.84. The Morgan fingerprint density at radius 1 is 1.29 bits per heavy atom. The van der Waals surface area contributed by atoms with Gasteiger partial charge in [0.15, 0.2) is 5.76 Å². The topological polar surface area (TPSA) is 62.5 Å². The second-order valence-corrected chi connectivity index (χ2v) is 4.69. The first kappa shape index (κ1) is 14.9. The zero-order valence-electron chi connectivity index (χ0n) is 12.1. The molecular formula is C17H17NO3. The summed E-state index contributed by atoms with van der Waals surface area (Å²) in [6, 6.07) is 7.34. The van der Waals surface area contributed by atoms with Crippen molar-refractivity contribution < 1.29 is 14.3 Å². The van der Waals surface area contributed by atoms with Crippen LogP contribution in [0.3, 0.4) is 0 Å². The molecule has 2 aromatic rings. The van der Waals surface area contributed by atoms with E-state index >= 15 is 0 Å². The summed E-state index contributed by atoms with van der Waals surface area (Å²) in [5.41, 5.74) is 3.23. The Balaban J connectivity index is 2.20. The van der Waals surface area contributed by atoms with E-state index in [2.05, 4.69) is 17.2 Å². The predicted octanol–water partition coefficient (Wildman–Crippen LogP) is 2.88. The lowest BCUT2D eigenvalue weighted by atomic mass is 10.1. The van der Waals surface area contributed by atoms with Crippen LogP contribution in [0.1, 0.15) is 33.7 Å². The molecule has 0 aliphatic heterocycles. The van der Waals surface area contributed by atoms with Gasteiger partial charge in [0.1, 0.15) is 0 Å². The van der Waals surface area contributed by atoms with Crippen molar-refractivity contribution in [1.82, 2.24) is 0 Å². The number of hydrogen-bond acceptors (Lipinski definition) is 3. The first-order chi connectivity index (χ1) is 10.1. The molecule has 1 heterocycles. The molecule has 0 bridgehead atoms. The predicted molar refractivity (Wildman–Crippen MR) is 81.2 cm³/mol. The number of aryl methyl sites for hydroxylation is 2. The molecule has 0 saturated heterocycles. The third-order valence-electron chi connectivity index (χ3n) is 3.02. The molecule has 0 saturated carbocycles. The Morgan fingerprint density at radius 3 is 2.76 bits per heavy atom. The number of benzene rings is 1. The van der Waals surface area contributed by atoms with E-state index < -0.39 is 0 Å². The molecule has 1 aromatic carbocycles. The van der Waals surface area contributed by atoms with E-state index in [0.29, 0.717) is 17.9 Å². The van der Waals surface area contributed by atoms with E-state index in [1.807, 2.05) is 32.0 Å². The van der Waals surface area contributed by atoms with Gasteiger partial charge in [-0.25, -0.2) is 0 Å². The van der Waals surface area contributed by atoms with Crippen LogP contribution < -0.4 is 5.32 Å². The van der Waals surface area contributed by atoms with Gasteiger partial charge in [0.2, 0.25) is 0 Å². The van der Waals surface area contributed by atoms with Crippen LogP contribution in [0.4, 0.5) is 5.69 Å². The summed E-state index contributed by atoms with van der Waals surface area (Å²) in [5.74, 6) is 5.84. The molecule has 2 N–H and O–H groups in total. The van der Waals surface area contributed by atoms with Gasteiger partial charge >= 0.3 is 0 Å². The second kappa shape index (κ2) is 6.78. The van der Waals surface area contributed by atoms with Crippen molar-refractivity contribution in [2.75, 3.05) is 11.9 Å². The number of nitrogens with one attached hydrogen (secondary N) is 1. The van der Waals surface area contributed by atoms with Crippen molar-refractivity contribution in [1.29, 1.82) is 0 Å². The Labute approximate surface area is 123 Å². The molecule has 2 rings (SSSR count). The highest BCUT2D eigenvalue weighted by molar-refractivity contribution is 6.03. The summed E-state index contributed by atoms with van der Waals surface area (Å²) in [6.07, 6.45) is 1.93. The van der Waals surface area contributed by atoms with Crippen LogP contribution in [0.5, 0.6) is 0 Å². The van der Waals surface area contributed by atoms with Crippen LogP contribution in [-0.2, 0) is 0 Å². The number of rotatable bonds is 3. The van der Waals surface area contributed by atoms with Crippen LogP contribution in [0.2, 0.25) is 0 Å². The van der Waals surface area contributed by atoms with Crippen molar-refractivity contribution in [2.24, 2.45) is 0 Å². The number of aliphatic hydroxyl groups excluding tert-OH is 1. The lowest BCUT2D eigenvalue weighted by Gasteiger charge is -2.08. The van der Waals surface area contributed by atoms with E-state index in [9.17, 15) is 4.79 Å². The molecule has 0 unspecified atom stereocenters. The largest absolute Gasteiger partial charge is 0.459 e. The summed E-state index contributed by atoms with van der Waals surface area (Å²) in [6.45, 7) is 3.78. The lowest BCUT2D eigenvalue weighted by Crippen LogP contribution is -2.13. The van der Waals surface area contributed by atoms with Crippen LogP contribution in [-0.4, -0.2) is 17.6 Å². The fraction of sp³-hybridized carbons (Fsp3) is 0.235. The molecule has 0 aliphatic carbocycles. The van der Waals surface area contributed by atoms with Crippen molar-refractivity contribution in [3.63, 3.8) is 0 Å². The Morgan fingerprint density at radius 2 is 2.10 bits per heavy atom. The standard InChI is InChI=1S/C17H17NO3/c1-12-6-7-14(5-3-4-9-19)11-15(12)18-17(20)16-13(2)8-10-21-16/h6-8,10-11,19H,4,9H2,1-2H3,(H,18,20). The minimum Gasteiger partial charge on any atom is -0.459 e. The van der Waals surface area contributed by atoms with Crippen LogP contribution in [0.25, 0.3) is 0 Å². The van der Waals surface area contributed by atoms with E-state index in [4.69, 9.17) is 9.52 Å². The number of aliphatic hydroxyl groups is 1. The summed E-state index contributed by atoms with van der Waals surface area (Å²) in [7, 11) is 0. The van der Waals surface area contributed by atoms with Crippen molar-refractivity contribution in [2.45, 2.75) is 20.3 Å². The average molecular weight is 283 g/mol. The number of carbonyl (C=O) groups is 1. The van der Waals surface area contributed by atoms with E-state index in [0.717, 1.165) is 16.7 Å². The third-order valence-corrected chi connectivity index (χ3v) is 3.02. The van der Waals surface area contributed by atoms with Crippen molar-refractivity contribution in [3.8, 4) is 11.8 Å². The van der Waals surface area contributed by atoms with Gasteiger partial charge in [0, 0.05) is 23.2 Å². The Kier molecular flexibility index (Phi) is 4.81. The third kappa shape index (κ3) is 3.74. The molecule has 0 atom stereocenters. The SMILES string of the molecule is Cc1ccc(C#CCCO)cc1NC(=O)c1occc1C. The van der Waals surface area contributed by atoms with E-state index in [-0.39, 0.29) is 12.5 Å². The number of hydrogen-bond donors (Lipinski definition) is 2. The maximum absolute atomic E-state index is 12.1. The summed E-state index contributed by atoms with van der Waals surface area (Å²) >= 11 is 0. The summed E-state index contributed by atoms with van der Waals surface area (Å²) in [5, 5.41) is 11.6. The molecular weight excluding hydrogens is 266 g/mol. The summed E-state index contributed by atoms with van der Waals surface area (Å²) < 4.78 is 5.18. The van der Waals surface area contributed by atoms with Gasteiger partial charge in [-0.15, -0.1) is 0 Å². The fourth-order valence-electron chi connectivity index (χ4n) is 1.84. The van der Waals surface area contributed by atoms with Crippen molar-refractivity contribution in [3.05, 3.63) is 53.0 Å². The maximum Gasteiger partial charge on any atom is 0.291 e. The Bertz CT molecular complexity index is 704. The molecule has 0 fully saturated rings. The zero-order chi connectivity index (χ0) is 15.2. The highest BCUT2D eigenvalue weighted by Gasteiger charge is 2.13. The highest BCUT2D eigenvalue weighted by atomic mass is 16.3. The van der Waals surface area contributed by atoms with Crippen LogP contribution in [0, 0.1) is 25.7 Å². The van der Waals surface area contributed by atoms with Gasteiger partial charge in [-0.1, -0.05) is 17.9 Å². The average Bonchev–Trinajstić information content (AvgIpc) is 2.89. The molecule has 108 valence electrons. The quantitative estimate of drug-likeness (QED) is 0.851. The number of carbonyl (C=O) groups excluding carboxylic acids is 1. The first-order valence-corrected chi connectivity index (χ1v) is 6.67. The first-order valence-electron chi connectivity index (χ1n) is 6.67. The van der Waals surface area contributed by atoms with E-state index in [1.54, 1.807) is 6.07 Å². The molecule has 21 heavy (non-hydrogen) atoms. The number of furan rings is 1. The maximum atomic E-state index is 12.1. The van der Waals surface area contributed by atoms with E-state index in [1.165, 1.54) is 6.26 Å². The van der Waals surface area contributed by atoms with Gasteiger partial charge in [-0.05, 0) is 37.6 Å². The minimum atomic E-state index is -0.277. The zero-order valence-corrected chi connectivity index (χ0v) is 12.1. The van der Waals surface area contributed by atoms with Gasteiger partial charge in [-0.3, -0.25) is 4.79 Å². The molecule has 1 amide bonds. The van der Waals surface area contributed by atoms with Gasteiger partial charge in [-0.2, -0.15) is 0 Å². The molecule has 4 heteroatoms. The van der Waals surface area contributed by atoms with Gasteiger partial charge < -0.3 is 14.8 Å². The van der Waals surface area contributed by atoms with Gasteiger partial charge in [0.25, 0.3) is 5.91 Å². The molecule has 0 aliphatic rings. The molecule has 0 radical (unpaired) electrons.